The van der Waals surface area contributed by atoms with E-state index in [0.29, 0.717) is 25.4 Å². The number of thiophene rings is 1. The second kappa shape index (κ2) is 6.67. The maximum atomic E-state index is 11.8. The summed E-state index contributed by atoms with van der Waals surface area (Å²) >= 11 is 1.60. The van der Waals surface area contributed by atoms with Crippen molar-refractivity contribution in [1.29, 1.82) is 0 Å². The highest BCUT2D eigenvalue weighted by atomic mass is 32.1. The fraction of sp³-hybridized carbons (Fsp3) is 0.400. The first-order chi connectivity index (χ1) is 10.3. The van der Waals surface area contributed by atoms with Gasteiger partial charge in [0.05, 0.1) is 5.39 Å². The first kappa shape index (κ1) is 14.0. The third kappa shape index (κ3) is 3.58. The Balaban J connectivity index is 1.42. The molecule has 110 valence electrons. The van der Waals surface area contributed by atoms with E-state index in [4.69, 9.17) is 0 Å². The summed E-state index contributed by atoms with van der Waals surface area (Å²) in [6.45, 7) is 1.26. The van der Waals surface area contributed by atoms with Crippen LogP contribution in [-0.4, -0.2) is 29.0 Å². The van der Waals surface area contributed by atoms with Crippen LogP contribution >= 0.6 is 11.3 Å². The molecular formula is C15H18N4OS. The summed E-state index contributed by atoms with van der Waals surface area (Å²) in [5, 5.41) is 9.23. The van der Waals surface area contributed by atoms with Gasteiger partial charge in [-0.2, -0.15) is 0 Å². The van der Waals surface area contributed by atoms with Gasteiger partial charge in [0.1, 0.15) is 17.0 Å². The van der Waals surface area contributed by atoms with E-state index >= 15 is 0 Å². The third-order valence-corrected chi connectivity index (χ3v) is 4.38. The zero-order valence-corrected chi connectivity index (χ0v) is 12.5. The Kier molecular flexibility index (Phi) is 4.45. The van der Waals surface area contributed by atoms with Crippen molar-refractivity contribution in [2.75, 3.05) is 18.4 Å². The normalized spacial score (nSPS) is 17.2. The van der Waals surface area contributed by atoms with Crippen LogP contribution in [0.5, 0.6) is 0 Å². The molecule has 0 aromatic carbocycles. The van der Waals surface area contributed by atoms with Crippen LogP contribution in [0.15, 0.2) is 29.9 Å². The van der Waals surface area contributed by atoms with Gasteiger partial charge in [0.25, 0.3) is 0 Å². The first-order valence-electron chi connectivity index (χ1n) is 7.18. The molecule has 0 saturated heterocycles. The van der Waals surface area contributed by atoms with E-state index in [1.807, 2.05) is 11.4 Å². The van der Waals surface area contributed by atoms with Crippen LogP contribution in [-0.2, 0) is 4.79 Å². The van der Waals surface area contributed by atoms with Crippen LogP contribution in [0.4, 0.5) is 5.82 Å². The molecule has 2 N–H and O–H groups in total. The van der Waals surface area contributed by atoms with Gasteiger partial charge in [0.15, 0.2) is 0 Å². The zero-order chi connectivity index (χ0) is 14.5. The highest BCUT2D eigenvalue weighted by Crippen LogP contribution is 2.23. The van der Waals surface area contributed by atoms with Crippen molar-refractivity contribution < 1.29 is 4.79 Å². The zero-order valence-electron chi connectivity index (χ0n) is 11.7. The molecule has 1 aliphatic rings. The Morgan fingerprint density at radius 2 is 2.33 bits per heavy atom. The number of hydrogen-bond donors (Lipinski definition) is 2. The number of allylic oxidation sites excluding steroid dienone is 2. The monoisotopic (exact) mass is 302 g/mol. The van der Waals surface area contributed by atoms with Gasteiger partial charge in [0.2, 0.25) is 5.91 Å². The fourth-order valence-corrected chi connectivity index (χ4v) is 3.22. The van der Waals surface area contributed by atoms with E-state index in [2.05, 4.69) is 32.8 Å². The molecule has 1 aliphatic carbocycles. The van der Waals surface area contributed by atoms with Gasteiger partial charge in [-0.15, -0.1) is 11.3 Å². The quantitative estimate of drug-likeness (QED) is 0.636. The van der Waals surface area contributed by atoms with Crippen molar-refractivity contribution >= 4 is 33.3 Å². The van der Waals surface area contributed by atoms with Gasteiger partial charge in [0, 0.05) is 19.5 Å². The minimum atomic E-state index is 0.122. The lowest BCUT2D eigenvalue weighted by Gasteiger charge is -2.10. The van der Waals surface area contributed by atoms with Crippen molar-refractivity contribution in [1.82, 2.24) is 15.3 Å². The minimum Gasteiger partial charge on any atom is -0.368 e. The standard InChI is InChI=1S/C15H18N4OS/c20-13(9-11-3-1-2-4-11)16-6-7-17-14-12-5-8-21-15(12)19-10-18-14/h1,3,5,8,10-11H,2,4,6-7,9H2,(H,16,20)(H,17,18,19). The van der Waals surface area contributed by atoms with Crippen molar-refractivity contribution in [2.24, 2.45) is 5.92 Å². The molecule has 0 spiro atoms. The van der Waals surface area contributed by atoms with E-state index in [1.54, 1.807) is 17.7 Å². The van der Waals surface area contributed by atoms with E-state index in [-0.39, 0.29) is 5.91 Å². The highest BCUT2D eigenvalue weighted by Gasteiger charge is 2.13. The van der Waals surface area contributed by atoms with Crippen molar-refractivity contribution in [3.8, 4) is 0 Å². The maximum Gasteiger partial charge on any atom is 0.220 e. The third-order valence-electron chi connectivity index (χ3n) is 3.56. The minimum absolute atomic E-state index is 0.122. The Labute approximate surface area is 127 Å². The molecule has 2 aromatic heterocycles. The number of aromatic nitrogens is 2. The highest BCUT2D eigenvalue weighted by molar-refractivity contribution is 7.16. The Bertz CT molecular complexity index is 652. The Morgan fingerprint density at radius 3 is 3.19 bits per heavy atom. The molecular weight excluding hydrogens is 284 g/mol. The lowest BCUT2D eigenvalue weighted by atomic mass is 10.1. The summed E-state index contributed by atoms with van der Waals surface area (Å²) in [5.74, 6) is 1.37. The number of anilines is 1. The van der Waals surface area contributed by atoms with Crippen molar-refractivity contribution in [3.05, 3.63) is 29.9 Å². The smallest absolute Gasteiger partial charge is 0.220 e. The summed E-state index contributed by atoms with van der Waals surface area (Å²) in [4.78, 5) is 21.2. The lowest BCUT2D eigenvalue weighted by molar-refractivity contribution is -0.121. The number of nitrogens with zero attached hydrogens (tertiary/aromatic N) is 2. The molecule has 2 aromatic rings. The van der Waals surface area contributed by atoms with Crippen LogP contribution in [0.2, 0.25) is 0 Å². The molecule has 0 fully saturated rings. The van der Waals surface area contributed by atoms with Crippen LogP contribution in [0.3, 0.4) is 0 Å². The maximum absolute atomic E-state index is 11.8. The van der Waals surface area contributed by atoms with E-state index in [1.165, 1.54) is 0 Å². The summed E-state index contributed by atoms with van der Waals surface area (Å²) in [5.41, 5.74) is 0. The molecule has 21 heavy (non-hydrogen) atoms. The summed E-state index contributed by atoms with van der Waals surface area (Å²) in [7, 11) is 0. The molecule has 1 unspecified atom stereocenters. The second-order valence-electron chi connectivity index (χ2n) is 5.11. The topological polar surface area (TPSA) is 66.9 Å². The summed E-state index contributed by atoms with van der Waals surface area (Å²) < 4.78 is 0. The number of rotatable bonds is 6. The Morgan fingerprint density at radius 1 is 1.38 bits per heavy atom. The summed E-state index contributed by atoms with van der Waals surface area (Å²) in [6, 6.07) is 2.01. The van der Waals surface area contributed by atoms with Gasteiger partial charge >= 0.3 is 0 Å². The summed E-state index contributed by atoms with van der Waals surface area (Å²) in [6.07, 6.45) is 8.66. The fourth-order valence-electron chi connectivity index (χ4n) is 2.49. The number of carbonyl (C=O) groups is 1. The number of fused-ring (bicyclic) bond motifs is 1. The van der Waals surface area contributed by atoms with Crippen LogP contribution in [0, 0.1) is 5.92 Å². The number of amides is 1. The molecule has 1 atom stereocenters. The molecule has 5 nitrogen and oxygen atoms in total. The van der Waals surface area contributed by atoms with Crippen molar-refractivity contribution in [2.45, 2.75) is 19.3 Å². The lowest BCUT2D eigenvalue weighted by Crippen LogP contribution is -2.29. The Hall–Kier alpha value is -1.95. The van der Waals surface area contributed by atoms with E-state index < -0.39 is 0 Å². The van der Waals surface area contributed by atoms with E-state index in [0.717, 1.165) is 28.9 Å². The second-order valence-corrected chi connectivity index (χ2v) is 6.00. The number of hydrogen-bond acceptors (Lipinski definition) is 5. The molecule has 1 amide bonds. The van der Waals surface area contributed by atoms with Gasteiger partial charge in [-0.1, -0.05) is 12.2 Å². The molecule has 0 saturated carbocycles. The molecule has 6 heteroatoms. The van der Waals surface area contributed by atoms with Gasteiger partial charge in [-0.25, -0.2) is 9.97 Å². The largest absolute Gasteiger partial charge is 0.368 e. The molecule has 0 aliphatic heterocycles. The molecule has 0 radical (unpaired) electrons. The molecule has 3 rings (SSSR count). The first-order valence-corrected chi connectivity index (χ1v) is 8.06. The van der Waals surface area contributed by atoms with Gasteiger partial charge in [-0.05, 0) is 30.2 Å². The average Bonchev–Trinajstić information content (AvgIpc) is 3.14. The molecule has 0 bridgehead atoms. The van der Waals surface area contributed by atoms with Crippen molar-refractivity contribution in [3.63, 3.8) is 0 Å². The SMILES string of the molecule is O=C(CC1C=CCC1)NCCNc1ncnc2sccc12. The van der Waals surface area contributed by atoms with E-state index in [9.17, 15) is 4.79 Å². The average molecular weight is 302 g/mol. The predicted molar refractivity (Wildman–Crippen MR) is 85.4 cm³/mol. The molecule has 2 heterocycles. The van der Waals surface area contributed by atoms with Crippen LogP contribution in [0.25, 0.3) is 10.2 Å². The number of nitrogens with one attached hydrogen (secondary N) is 2. The van der Waals surface area contributed by atoms with Crippen LogP contribution < -0.4 is 10.6 Å². The predicted octanol–water partition coefficient (Wildman–Crippen LogP) is 2.58. The van der Waals surface area contributed by atoms with Crippen LogP contribution in [0.1, 0.15) is 19.3 Å². The number of carbonyl (C=O) groups excluding carboxylic acids is 1. The van der Waals surface area contributed by atoms with Gasteiger partial charge in [-0.3, -0.25) is 4.79 Å². The van der Waals surface area contributed by atoms with Gasteiger partial charge < -0.3 is 10.6 Å².